The normalized spacial score (nSPS) is 16.5. The fraction of sp³-hybridized carbons (Fsp3) is 0.250. The summed E-state index contributed by atoms with van der Waals surface area (Å²) in [6.45, 7) is 2.02. The maximum Gasteiger partial charge on any atom is 0.273 e. The van der Waals surface area contributed by atoms with Crippen LogP contribution < -0.4 is 10.3 Å². The molecule has 9 nitrogen and oxygen atoms in total. The van der Waals surface area contributed by atoms with Crippen LogP contribution in [0.15, 0.2) is 61.2 Å². The second-order valence-electron chi connectivity index (χ2n) is 8.39. The number of nitrogens with zero attached hydrogens (tertiary/aromatic N) is 6. The molecule has 0 atom stereocenters. The zero-order chi connectivity index (χ0) is 22.4. The number of hydrogen-bond acceptors (Lipinski definition) is 7. The zero-order valence-corrected chi connectivity index (χ0v) is 17.9. The minimum atomic E-state index is -0.210. The average molecular weight is 441 g/mol. The Balaban J connectivity index is 1.24. The number of aliphatic hydroxyl groups excluding tert-OH is 1. The van der Waals surface area contributed by atoms with E-state index in [1.165, 1.54) is 0 Å². The van der Waals surface area contributed by atoms with Crippen LogP contribution >= 0.6 is 0 Å². The molecule has 9 heteroatoms. The molecule has 2 aliphatic heterocycles. The van der Waals surface area contributed by atoms with Crippen LogP contribution in [0.2, 0.25) is 0 Å². The SMILES string of the molecule is O=C1c2ccnc(-c3ccnn4cccc34)c2CN1Nc1ccc(N2CCC(O)CC2)cn1. The van der Waals surface area contributed by atoms with E-state index in [4.69, 9.17) is 0 Å². The van der Waals surface area contributed by atoms with E-state index in [-0.39, 0.29) is 12.0 Å². The van der Waals surface area contributed by atoms with E-state index >= 15 is 0 Å². The van der Waals surface area contributed by atoms with Crippen molar-refractivity contribution in [2.75, 3.05) is 23.4 Å². The molecule has 0 bridgehead atoms. The Morgan fingerprint density at radius 3 is 2.67 bits per heavy atom. The summed E-state index contributed by atoms with van der Waals surface area (Å²) in [6.07, 6.45) is 8.44. The Morgan fingerprint density at radius 1 is 1.00 bits per heavy atom. The van der Waals surface area contributed by atoms with Crippen molar-refractivity contribution in [3.05, 3.63) is 72.3 Å². The lowest BCUT2D eigenvalue weighted by Gasteiger charge is -2.31. The Bertz CT molecular complexity index is 1330. The van der Waals surface area contributed by atoms with Gasteiger partial charge >= 0.3 is 0 Å². The molecule has 1 fully saturated rings. The molecule has 4 aromatic heterocycles. The first-order chi connectivity index (χ1) is 16.2. The van der Waals surface area contributed by atoms with Gasteiger partial charge in [-0.2, -0.15) is 5.10 Å². The summed E-state index contributed by atoms with van der Waals surface area (Å²) in [5.74, 6) is 0.495. The van der Waals surface area contributed by atoms with Crippen molar-refractivity contribution < 1.29 is 9.90 Å². The molecular formula is C24H23N7O2. The summed E-state index contributed by atoms with van der Waals surface area (Å²) in [6, 6.07) is 11.5. The van der Waals surface area contributed by atoms with Crippen molar-refractivity contribution in [3.63, 3.8) is 0 Å². The summed E-state index contributed by atoms with van der Waals surface area (Å²) in [5.41, 5.74) is 8.36. The van der Waals surface area contributed by atoms with Crippen molar-refractivity contribution in [3.8, 4) is 11.3 Å². The van der Waals surface area contributed by atoms with Crippen LogP contribution in [0.25, 0.3) is 16.8 Å². The van der Waals surface area contributed by atoms with E-state index in [1.54, 1.807) is 34.2 Å². The van der Waals surface area contributed by atoms with Crippen molar-refractivity contribution in [2.24, 2.45) is 0 Å². The fourth-order valence-corrected chi connectivity index (χ4v) is 4.60. The number of carbonyl (C=O) groups is 1. The third-order valence-electron chi connectivity index (χ3n) is 6.37. The third kappa shape index (κ3) is 3.46. The van der Waals surface area contributed by atoms with Crippen molar-refractivity contribution >= 4 is 22.9 Å². The highest BCUT2D eigenvalue weighted by Gasteiger charge is 2.31. The van der Waals surface area contributed by atoms with Gasteiger partial charge in [0.15, 0.2) is 0 Å². The monoisotopic (exact) mass is 441 g/mol. The van der Waals surface area contributed by atoms with Gasteiger partial charge in [-0.05, 0) is 49.2 Å². The number of amides is 1. The number of carbonyl (C=O) groups excluding carboxylic acids is 1. The van der Waals surface area contributed by atoms with Gasteiger partial charge in [0.05, 0.1) is 41.3 Å². The van der Waals surface area contributed by atoms with Crippen LogP contribution in [0, 0.1) is 0 Å². The average Bonchev–Trinajstić information content (AvgIpc) is 3.45. The number of fused-ring (bicyclic) bond motifs is 2. The Labute approximate surface area is 190 Å². The molecule has 2 aliphatic rings. The maximum absolute atomic E-state index is 13.1. The molecule has 166 valence electrons. The van der Waals surface area contributed by atoms with Crippen LogP contribution in [0.3, 0.4) is 0 Å². The smallest absolute Gasteiger partial charge is 0.273 e. The lowest BCUT2D eigenvalue weighted by Crippen LogP contribution is -2.35. The standard InChI is InChI=1S/C24H23N7O2/c32-17-7-12-29(13-8-17)16-3-4-22(26-14-16)28-31-15-20-18(24(31)33)5-9-25-23(20)19-6-10-27-30-11-1-2-21(19)30/h1-6,9-11,14,17,32H,7-8,12-13,15H2,(H,26,28). The molecule has 6 heterocycles. The van der Waals surface area contributed by atoms with Crippen LogP contribution in [0.4, 0.5) is 11.5 Å². The van der Waals surface area contributed by atoms with Gasteiger partial charge in [-0.25, -0.2) is 14.5 Å². The molecule has 0 saturated carbocycles. The van der Waals surface area contributed by atoms with E-state index < -0.39 is 0 Å². The fourth-order valence-electron chi connectivity index (χ4n) is 4.60. The highest BCUT2D eigenvalue weighted by molar-refractivity contribution is 6.01. The summed E-state index contributed by atoms with van der Waals surface area (Å²) in [7, 11) is 0. The number of anilines is 2. The van der Waals surface area contributed by atoms with E-state index in [0.717, 1.165) is 54.0 Å². The largest absolute Gasteiger partial charge is 0.393 e. The lowest BCUT2D eigenvalue weighted by molar-refractivity contribution is 0.0814. The van der Waals surface area contributed by atoms with E-state index in [1.807, 2.05) is 36.5 Å². The Kier molecular flexibility index (Phi) is 4.69. The van der Waals surface area contributed by atoms with Crippen LogP contribution in [0.1, 0.15) is 28.8 Å². The summed E-state index contributed by atoms with van der Waals surface area (Å²) >= 11 is 0. The van der Waals surface area contributed by atoms with Gasteiger partial charge in [0.25, 0.3) is 5.91 Å². The first-order valence-electron chi connectivity index (χ1n) is 11.1. The number of rotatable bonds is 4. The van der Waals surface area contributed by atoms with E-state index in [9.17, 15) is 9.90 Å². The number of hydrazine groups is 1. The van der Waals surface area contributed by atoms with Gasteiger partial charge in [-0.1, -0.05) is 0 Å². The first-order valence-corrected chi connectivity index (χ1v) is 11.1. The predicted octanol–water partition coefficient (Wildman–Crippen LogP) is 2.74. The molecule has 0 unspecified atom stereocenters. The maximum atomic E-state index is 13.1. The quantitative estimate of drug-likeness (QED) is 0.502. The lowest BCUT2D eigenvalue weighted by atomic mass is 10.0. The molecule has 4 aromatic rings. The van der Waals surface area contributed by atoms with Crippen LogP contribution in [0.5, 0.6) is 0 Å². The third-order valence-corrected chi connectivity index (χ3v) is 6.37. The van der Waals surface area contributed by atoms with Crippen molar-refractivity contribution in [1.29, 1.82) is 0 Å². The predicted molar refractivity (Wildman–Crippen MR) is 124 cm³/mol. The Morgan fingerprint density at radius 2 is 1.85 bits per heavy atom. The van der Waals surface area contributed by atoms with Crippen molar-refractivity contribution in [2.45, 2.75) is 25.5 Å². The number of aromatic nitrogens is 4. The van der Waals surface area contributed by atoms with E-state index in [2.05, 4.69) is 25.4 Å². The Hall–Kier alpha value is -3.98. The number of aliphatic hydroxyl groups is 1. The number of nitrogens with one attached hydrogen (secondary N) is 1. The van der Waals surface area contributed by atoms with Crippen molar-refractivity contribution in [1.82, 2.24) is 24.6 Å². The van der Waals surface area contributed by atoms with Crippen LogP contribution in [-0.2, 0) is 6.54 Å². The van der Waals surface area contributed by atoms with Gasteiger partial charge in [0, 0.05) is 42.8 Å². The highest BCUT2D eigenvalue weighted by atomic mass is 16.3. The molecule has 0 radical (unpaired) electrons. The topological polar surface area (TPSA) is 98.9 Å². The summed E-state index contributed by atoms with van der Waals surface area (Å²) in [4.78, 5) is 24.4. The molecule has 2 N–H and O–H groups in total. The second kappa shape index (κ2) is 7.86. The molecule has 0 aliphatic carbocycles. The van der Waals surface area contributed by atoms with Crippen LogP contribution in [-0.4, -0.2) is 54.8 Å². The van der Waals surface area contributed by atoms with Gasteiger partial charge in [0.2, 0.25) is 0 Å². The molecule has 0 spiro atoms. The first kappa shape index (κ1) is 19.7. The molecule has 1 amide bonds. The van der Waals surface area contributed by atoms with E-state index in [0.29, 0.717) is 17.9 Å². The minimum Gasteiger partial charge on any atom is -0.393 e. The highest BCUT2D eigenvalue weighted by Crippen LogP contribution is 2.33. The van der Waals surface area contributed by atoms with Gasteiger partial charge in [-0.15, -0.1) is 0 Å². The second-order valence-corrected chi connectivity index (χ2v) is 8.39. The number of piperidine rings is 1. The minimum absolute atomic E-state index is 0.106. The number of pyridine rings is 2. The molecule has 0 aromatic carbocycles. The van der Waals surface area contributed by atoms with Gasteiger partial charge in [-0.3, -0.25) is 15.2 Å². The summed E-state index contributed by atoms with van der Waals surface area (Å²) in [5, 5.41) is 15.6. The molecule has 6 rings (SSSR count). The summed E-state index contributed by atoms with van der Waals surface area (Å²) < 4.78 is 1.80. The molecular weight excluding hydrogens is 418 g/mol. The molecule has 33 heavy (non-hydrogen) atoms. The zero-order valence-electron chi connectivity index (χ0n) is 17.9. The number of hydrogen-bond donors (Lipinski definition) is 2. The molecule has 1 saturated heterocycles. The van der Waals surface area contributed by atoms with Gasteiger partial charge in [0.1, 0.15) is 5.82 Å². The van der Waals surface area contributed by atoms with Gasteiger partial charge < -0.3 is 10.0 Å².